The summed E-state index contributed by atoms with van der Waals surface area (Å²) < 4.78 is 5.81. The van der Waals surface area contributed by atoms with Gasteiger partial charge in [0.05, 0.1) is 7.11 Å². The highest BCUT2D eigenvalue weighted by molar-refractivity contribution is 5.52. The molecule has 0 aromatic heterocycles. The van der Waals surface area contributed by atoms with E-state index < -0.39 is 0 Å². The molecule has 0 saturated heterocycles. The van der Waals surface area contributed by atoms with Crippen molar-refractivity contribution in [3.05, 3.63) is 28.8 Å². The van der Waals surface area contributed by atoms with Crippen molar-refractivity contribution >= 4 is 0 Å². The Bertz CT molecular complexity index is 461. The van der Waals surface area contributed by atoms with Crippen LogP contribution in [0, 0.1) is 0 Å². The first-order valence-electron chi connectivity index (χ1n) is 7.70. The van der Waals surface area contributed by atoms with Crippen LogP contribution in [0.15, 0.2) is 12.1 Å². The number of hydrogen-bond donors (Lipinski definition) is 1. The number of rotatable bonds is 3. The van der Waals surface area contributed by atoms with Crippen molar-refractivity contribution in [2.24, 2.45) is 5.73 Å². The lowest BCUT2D eigenvalue weighted by Gasteiger charge is -2.38. The largest absolute Gasteiger partial charge is 0.496 e. The first kappa shape index (κ1) is 13.0. The fraction of sp³-hybridized carbons (Fsp3) is 0.647. The molecule has 19 heavy (non-hydrogen) atoms. The summed E-state index contributed by atoms with van der Waals surface area (Å²) in [6, 6.07) is 4.63. The predicted octanol–water partition coefficient (Wildman–Crippen LogP) is 3.34. The van der Waals surface area contributed by atoms with Gasteiger partial charge in [0.25, 0.3) is 0 Å². The maximum Gasteiger partial charge on any atom is 0.126 e. The van der Waals surface area contributed by atoms with E-state index in [9.17, 15) is 0 Å². The Kier molecular flexibility index (Phi) is 3.53. The minimum atomic E-state index is 0.168. The van der Waals surface area contributed by atoms with Gasteiger partial charge in [0, 0.05) is 17.5 Å². The number of benzene rings is 1. The summed E-state index contributed by atoms with van der Waals surface area (Å²) in [6.07, 6.45) is 10.1. The molecule has 2 aliphatic carbocycles. The molecular formula is C17H25NO. The lowest BCUT2D eigenvalue weighted by Crippen LogP contribution is -2.37. The molecule has 2 heteroatoms. The molecule has 104 valence electrons. The third-order valence-corrected chi connectivity index (χ3v) is 5.21. The average molecular weight is 259 g/mol. The minimum Gasteiger partial charge on any atom is -0.496 e. The van der Waals surface area contributed by atoms with Crippen LogP contribution in [0.3, 0.4) is 0 Å². The quantitative estimate of drug-likeness (QED) is 0.903. The van der Waals surface area contributed by atoms with Crippen molar-refractivity contribution in [1.82, 2.24) is 0 Å². The molecule has 3 rings (SSSR count). The van der Waals surface area contributed by atoms with Gasteiger partial charge in [0.15, 0.2) is 0 Å². The zero-order valence-electron chi connectivity index (χ0n) is 12.0. The predicted molar refractivity (Wildman–Crippen MR) is 78.8 cm³/mol. The van der Waals surface area contributed by atoms with Crippen LogP contribution in [0.5, 0.6) is 5.75 Å². The van der Waals surface area contributed by atoms with Crippen molar-refractivity contribution in [3.63, 3.8) is 0 Å². The molecule has 0 aliphatic heterocycles. The van der Waals surface area contributed by atoms with E-state index in [0.717, 1.165) is 12.3 Å². The Balaban J connectivity index is 2.08. The van der Waals surface area contributed by atoms with Crippen LogP contribution >= 0.6 is 0 Å². The summed E-state index contributed by atoms with van der Waals surface area (Å²) >= 11 is 0. The van der Waals surface area contributed by atoms with Crippen LogP contribution in [0.4, 0.5) is 0 Å². The fourth-order valence-corrected chi connectivity index (χ4v) is 4.10. The summed E-state index contributed by atoms with van der Waals surface area (Å²) in [4.78, 5) is 0. The molecule has 2 nitrogen and oxygen atoms in total. The average Bonchev–Trinajstić information content (AvgIpc) is 2.95. The Morgan fingerprint density at radius 1 is 1.11 bits per heavy atom. The molecule has 0 spiro atoms. The zero-order chi connectivity index (χ0) is 13.3. The maximum absolute atomic E-state index is 6.18. The van der Waals surface area contributed by atoms with Crippen LogP contribution in [0.25, 0.3) is 0 Å². The third kappa shape index (κ3) is 2.06. The highest BCUT2D eigenvalue weighted by atomic mass is 16.5. The van der Waals surface area contributed by atoms with E-state index in [2.05, 4.69) is 12.1 Å². The van der Waals surface area contributed by atoms with Crippen LogP contribution in [0.2, 0.25) is 0 Å². The van der Waals surface area contributed by atoms with E-state index in [1.165, 1.54) is 68.1 Å². The maximum atomic E-state index is 6.18. The van der Waals surface area contributed by atoms with Crippen molar-refractivity contribution in [2.75, 3.05) is 13.7 Å². The SMILES string of the molecule is COc1c(C2(CN)CCCCC2)ccc2c1CCC2. The highest BCUT2D eigenvalue weighted by Crippen LogP contribution is 2.45. The van der Waals surface area contributed by atoms with Gasteiger partial charge in [-0.3, -0.25) is 0 Å². The van der Waals surface area contributed by atoms with Crippen LogP contribution in [-0.4, -0.2) is 13.7 Å². The van der Waals surface area contributed by atoms with E-state index >= 15 is 0 Å². The van der Waals surface area contributed by atoms with Gasteiger partial charge in [-0.05, 0) is 43.2 Å². The number of aryl methyl sites for hydroxylation is 1. The van der Waals surface area contributed by atoms with Gasteiger partial charge in [0.2, 0.25) is 0 Å². The molecule has 2 N–H and O–H groups in total. The molecule has 0 atom stereocenters. The van der Waals surface area contributed by atoms with E-state index in [-0.39, 0.29) is 5.41 Å². The molecule has 1 aromatic carbocycles. The Hall–Kier alpha value is -1.02. The number of hydrogen-bond acceptors (Lipinski definition) is 2. The second-order valence-electron chi connectivity index (χ2n) is 6.18. The molecule has 1 fully saturated rings. The van der Waals surface area contributed by atoms with E-state index in [0.29, 0.717) is 0 Å². The van der Waals surface area contributed by atoms with Crippen molar-refractivity contribution in [1.29, 1.82) is 0 Å². The number of fused-ring (bicyclic) bond motifs is 1. The van der Waals surface area contributed by atoms with Gasteiger partial charge in [-0.2, -0.15) is 0 Å². The normalized spacial score (nSPS) is 21.2. The van der Waals surface area contributed by atoms with Gasteiger partial charge in [0.1, 0.15) is 5.75 Å². The highest BCUT2D eigenvalue weighted by Gasteiger charge is 2.36. The lowest BCUT2D eigenvalue weighted by atomic mass is 9.68. The lowest BCUT2D eigenvalue weighted by molar-refractivity contribution is 0.287. The third-order valence-electron chi connectivity index (χ3n) is 5.21. The van der Waals surface area contributed by atoms with Crippen LogP contribution in [-0.2, 0) is 18.3 Å². The van der Waals surface area contributed by atoms with Crippen molar-refractivity contribution < 1.29 is 4.74 Å². The Morgan fingerprint density at radius 3 is 2.58 bits per heavy atom. The summed E-state index contributed by atoms with van der Waals surface area (Å²) in [7, 11) is 1.82. The second kappa shape index (κ2) is 5.16. The van der Waals surface area contributed by atoms with E-state index in [1.807, 2.05) is 7.11 Å². The number of methoxy groups -OCH3 is 1. The molecule has 0 heterocycles. The summed E-state index contributed by atoms with van der Waals surface area (Å²) in [6.45, 7) is 0.752. The van der Waals surface area contributed by atoms with Gasteiger partial charge in [-0.15, -0.1) is 0 Å². The number of nitrogens with two attached hydrogens (primary N) is 1. The van der Waals surface area contributed by atoms with Crippen molar-refractivity contribution in [3.8, 4) is 5.75 Å². The van der Waals surface area contributed by atoms with Gasteiger partial charge < -0.3 is 10.5 Å². The molecular weight excluding hydrogens is 234 g/mol. The minimum absolute atomic E-state index is 0.168. The van der Waals surface area contributed by atoms with E-state index in [4.69, 9.17) is 10.5 Å². The first-order chi connectivity index (χ1) is 9.30. The molecule has 0 bridgehead atoms. The smallest absolute Gasteiger partial charge is 0.126 e. The standard InChI is InChI=1S/C17H25NO/c1-19-16-14-7-5-6-13(14)8-9-15(16)17(12-18)10-3-2-4-11-17/h8-9H,2-7,10-12,18H2,1H3. The first-order valence-corrected chi connectivity index (χ1v) is 7.70. The molecule has 0 radical (unpaired) electrons. The molecule has 0 amide bonds. The fourth-order valence-electron chi connectivity index (χ4n) is 4.10. The summed E-state index contributed by atoms with van der Waals surface area (Å²) in [5.41, 5.74) is 10.7. The van der Waals surface area contributed by atoms with E-state index in [1.54, 1.807) is 0 Å². The topological polar surface area (TPSA) is 35.2 Å². The molecule has 1 aromatic rings. The monoisotopic (exact) mass is 259 g/mol. The summed E-state index contributed by atoms with van der Waals surface area (Å²) in [5.74, 6) is 1.15. The molecule has 0 unspecified atom stereocenters. The number of ether oxygens (including phenoxy) is 1. The molecule has 2 aliphatic rings. The van der Waals surface area contributed by atoms with Crippen molar-refractivity contribution in [2.45, 2.75) is 56.8 Å². The van der Waals surface area contributed by atoms with Gasteiger partial charge >= 0.3 is 0 Å². The Morgan fingerprint density at radius 2 is 1.89 bits per heavy atom. The summed E-state index contributed by atoms with van der Waals surface area (Å²) in [5, 5.41) is 0. The van der Waals surface area contributed by atoms with Gasteiger partial charge in [-0.1, -0.05) is 31.4 Å². The molecule has 1 saturated carbocycles. The van der Waals surface area contributed by atoms with Crippen LogP contribution < -0.4 is 10.5 Å². The van der Waals surface area contributed by atoms with Gasteiger partial charge in [-0.25, -0.2) is 0 Å². The Labute approximate surface area is 116 Å². The van der Waals surface area contributed by atoms with Crippen LogP contribution in [0.1, 0.15) is 55.2 Å². The zero-order valence-corrected chi connectivity index (χ0v) is 12.0. The second-order valence-corrected chi connectivity index (χ2v) is 6.18.